The van der Waals surface area contributed by atoms with Crippen molar-refractivity contribution in [1.82, 2.24) is 0 Å². The molecular weight excluding hydrogens is 172 g/mol. The van der Waals surface area contributed by atoms with E-state index in [9.17, 15) is 0 Å². The summed E-state index contributed by atoms with van der Waals surface area (Å²) in [5.74, 6) is -0.437. The maximum atomic E-state index is 8.67. The summed E-state index contributed by atoms with van der Waals surface area (Å²) in [7, 11) is 1.56. The summed E-state index contributed by atoms with van der Waals surface area (Å²) in [6.45, 7) is 3.26. The number of methoxy groups -OCH3 is 1. The van der Waals surface area contributed by atoms with Crippen LogP contribution in [0.2, 0.25) is 0 Å². The van der Waals surface area contributed by atoms with Gasteiger partial charge < -0.3 is 20.1 Å². The maximum absolute atomic E-state index is 8.67. The van der Waals surface area contributed by atoms with E-state index in [4.69, 9.17) is 15.3 Å². The minimum absolute atomic E-state index is 0.146. The molecule has 0 saturated carbocycles. The highest BCUT2D eigenvalue weighted by Gasteiger charge is 1.94. The van der Waals surface area contributed by atoms with E-state index < -0.39 is 0 Å². The highest BCUT2D eigenvalue weighted by molar-refractivity contribution is 5.39. The molecule has 1 rings (SSSR count). The van der Waals surface area contributed by atoms with E-state index in [0.29, 0.717) is 0 Å². The van der Waals surface area contributed by atoms with Gasteiger partial charge in [0.25, 0.3) is 0 Å². The molecule has 4 nitrogen and oxygen atoms in total. The molecule has 0 saturated heterocycles. The second kappa shape index (κ2) is 5.77. The first-order chi connectivity index (χ1) is 6.10. The lowest BCUT2D eigenvalue weighted by molar-refractivity contribution is 0.339. The highest BCUT2D eigenvalue weighted by atomic mass is 16.5. The Morgan fingerprint density at radius 1 is 1.08 bits per heavy atom. The molecule has 0 aliphatic heterocycles. The number of hydrogen-bond acceptors (Lipinski definition) is 4. The van der Waals surface area contributed by atoms with Crippen LogP contribution in [0.25, 0.3) is 0 Å². The summed E-state index contributed by atoms with van der Waals surface area (Å²) in [6, 6.07) is 3.42. The number of phenols is 3. The zero-order valence-corrected chi connectivity index (χ0v) is 7.27. The molecule has 0 bridgehead atoms. The molecule has 0 amide bonds. The van der Waals surface area contributed by atoms with E-state index in [2.05, 4.69) is 11.3 Å². The Balaban J connectivity index is 0.000000310. The number of ether oxygens (including phenoxy) is 1. The molecule has 72 valence electrons. The van der Waals surface area contributed by atoms with Crippen LogP contribution < -0.4 is 0 Å². The van der Waals surface area contributed by atoms with Gasteiger partial charge in [-0.15, -0.1) is 0 Å². The van der Waals surface area contributed by atoms with Crippen LogP contribution in [0.1, 0.15) is 0 Å². The average Bonchev–Trinajstić information content (AvgIpc) is 2.02. The fraction of sp³-hybridized carbons (Fsp3) is 0.111. The number of benzene rings is 1. The Bertz CT molecular complexity index is 220. The number of phenolic OH excluding ortho intramolecular Hbond substituents is 3. The summed E-state index contributed by atoms with van der Waals surface area (Å²) in [4.78, 5) is 0. The van der Waals surface area contributed by atoms with Gasteiger partial charge in [0.05, 0.1) is 13.4 Å². The molecule has 0 spiro atoms. The lowest BCUT2D eigenvalue weighted by Crippen LogP contribution is -1.66. The first-order valence-corrected chi connectivity index (χ1v) is 3.46. The predicted molar refractivity (Wildman–Crippen MR) is 48.6 cm³/mol. The van der Waals surface area contributed by atoms with E-state index in [1.54, 1.807) is 7.11 Å². The Labute approximate surface area is 76.3 Å². The van der Waals surface area contributed by atoms with Gasteiger partial charge in [-0.2, -0.15) is 0 Å². The molecule has 0 aliphatic rings. The zero-order chi connectivity index (χ0) is 10.3. The summed E-state index contributed by atoms with van der Waals surface area (Å²) in [6.07, 6.45) is 1.38. The Kier molecular flexibility index (Phi) is 4.95. The van der Waals surface area contributed by atoms with Crippen LogP contribution in [0, 0.1) is 0 Å². The van der Waals surface area contributed by atoms with Gasteiger partial charge in [0, 0.05) is 18.2 Å². The van der Waals surface area contributed by atoms with Gasteiger partial charge in [-0.3, -0.25) is 0 Å². The van der Waals surface area contributed by atoms with Crippen LogP contribution in [-0.2, 0) is 4.74 Å². The lowest BCUT2D eigenvalue weighted by Gasteiger charge is -1.94. The van der Waals surface area contributed by atoms with E-state index in [-0.39, 0.29) is 17.2 Å². The third kappa shape index (κ3) is 5.43. The quantitative estimate of drug-likeness (QED) is 0.579. The molecule has 0 radical (unpaired) electrons. The average molecular weight is 184 g/mol. The monoisotopic (exact) mass is 184 g/mol. The second-order valence-electron chi connectivity index (χ2n) is 2.11. The van der Waals surface area contributed by atoms with Crippen molar-refractivity contribution >= 4 is 0 Å². The number of rotatable bonds is 1. The van der Waals surface area contributed by atoms with Gasteiger partial charge in [-0.25, -0.2) is 0 Å². The molecule has 0 aromatic heterocycles. The van der Waals surface area contributed by atoms with Crippen LogP contribution in [0.5, 0.6) is 17.2 Å². The third-order valence-corrected chi connectivity index (χ3v) is 1.05. The summed E-state index contributed by atoms with van der Waals surface area (Å²) in [5, 5.41) is 26.0. The van der Waals surface area contributed by atoms with Crippen molar-refractivity contribution in [3.8, 4) is 17.2 Å². The van der Waals surface area contributed by atoms with Crippen LogP contribution in [0.15, 0.2) is 31.0 Å². The van der Waals surface area contributed by atoms with Crippen LogP contribution in [0.4, 0.5) is 0 Å². The fourth-order valence-corrected chi connectivity index (χ4v) is 0.580. The van der Waals surface area contributed by atoms with Crippen molar-refractivity contribution in [3.05, 3.63) is 31.0 Å². The van der Waals surface area contributed by atoms with Gasteiger partial charge in [0.15, 0.2) is 0 Å². The molecule has 13 heavy (non-hydrogen) atoms. The van der Waals surface area contributed by atoms with Crippen molar-refractivity contribution in [3.63, 3.8) is 0 Å². The van der Waals surface area contributed by atoms with E-state index in [1.807, 2.05) is 0 Å². The third-order valence-electron chi connectivity index (χ3n) is 1.05. The van der Waals surface area contributed by atoms with Crippen molar-refractivity contribution < 1.29 is 20.1 Å². The normalized spacial score (nSPS) is 8.08. The van der Waals surface area contributed by atoms with Crippen LogP contribution in [0.3, 0.4) is 0 Å². The first kappa shape index (κ1) is 11.2. The molecule has 0 unspecified atom stereocenters. The number of aromatic hydroxyl groups is 3. The highest BCUT2D eigenvalue weighted by Crippen LogP contribution is 2.23. The smallest absolute Gasteiger partial charge is 0.122 e. The second-order valence-corrected chi connectivity index (χ2v) is 2.11. The topological polar surface area (TPSA) is 69.9 Å². The fourth-order valence-electron chi connectivity index (χ4n) is 0.580. The minimum atomic E-state index is -0.146. The van der Waals surface area contributed by atoms with Gasteiger partial charge in [0.2, 0.25) is 0 Å². The number of hydrogen-bond donors (Lipinski definition) is 3. The molecule has 0 atom stereocenters. The van der Waals surface area contributed by atoms with Gasteiger partial charge >= 0.3 is 0 Å². The summed E-state index contributed by atoms with van der Waals surface area (Å²) < 4.78 is 4.31. The molecule has 3 N–H and O–H groups in total. The lowest BCUT2D eigenvalue weighted by atomic mass is 10.3. The van der Waals surface area contributed by atoms with Crippen LogP contribution in [-0.4, -0.2) is 22.4 Å². The van der Waals surface area contributed by atoms with Crippen LogP contribution >= 0.6 is 0 Å². The molecule has 0 heterocycles. The van der Waals surface area contributed by atoms with Crippen molar-refractivity contribution in [1.29, 1.82) is 0 Å². The van der Waals surface area contributed by atoms with E-state index in [0.717, 1.165) is 18.2 Å². The SMILES string of the molecule is C=COC.Oc1cc(O)cc(O)c1. The van der Waals surface area contributed by atoms with Crippen molar-refractivity contribution in [2.24, 2.45) is 0 Å². The maximum Gasteiger partial charge on any atom is 0.122 e. The minimum Gasteiger partial charge on any atom is -0.508 e. The Morgan fingerprint density at radius 2 is 1.31 bits per heavy atom. The molecular formula is C9H12O4. The summed E-state index contributed by atoms with van der Waals surface area (Å²) in [5.41, 5.74) is 0. The van der Waals surface area contributed by atoms with Gasteiger partial charge in [-0.05, 0) is 0 Å². The predicted octanol–water partition coefficient (Wildman–Crippen LogP) is 1.58. The van der Waals surface area contributed by atoms with Crippen molar-refractivity contribution in [2.45, 2.75) is 0 Å². The first-order valence-electron chi connectivity index (χ1n) is 3.46. The van der Waals surface area contributed by atoms with E-state index in [1.165, 1.54) is 6.26 Å². The Morgan fingerprint density at radius 3 is 1.46 bits per heavy atom. The molecule has 0 aliphatic carbocycles. The molecule has 0 fully saturated rings. The summed E-state index contributed by atoms with van der Waals surface area (Å²) >= 11 is 0. The standard InChI is InChI=1S/C6H6O3.C3H6O/c7-4-1-5(8)3-6(9)2-4;1-3-4-2/h1-3,7-9H;3H,1H2,2H3. The largest absolute Gasteiger partial charge is 0.508 e. The van der Waals surface area contributed by atoms with Gasteiger partial charge in [0.1, 0.15) is 17.2 Å². The van der Waals surface area contributed by atoms with E-state index >= 15 is 0 Å². The van der Waals surface area contributed by atoms with Gasteiger partial charge in [-0.1, -0.05) is 6.58 Å². The van der Waals surface area contributed by atoms with Crippen molar-refractivity contribution in [2.75, 3.05) is 7.11 Å². The molecule has 1 aromatic rings. The zero-order valence-electron chi connectivity index (χ0n) is 7.27. The Hall–Kier alpha value is -1.84. The molecule has 4 heteroatoms. The molecule has 1 aromatic carbocycles.